The monoisotopic (exact) mass is 183 g/mol. The van der Waals surface area contributed by atoms with Gasteiger partial charge < -0.3 is 0 Å². The van der Waals surface area contributed by atoms with Crippen LogP contribution in [0.2, 0.25) is 10.0 Å². The van der Waals surface area contributed by atoms with Crippen molar-refractivity contribution in [3.63, 3.8) is 0 Å². The van der Waals surface area contributed by atoms with E-state index in [4.69, 9.17) is 23.2 Å². The Labute approximate surface area is 65.6 Å². The zero-order chi connectivity index (χ0) is 7.72. The molecule has 0 bridgehead atoms. The molecule has 0 unspecified atom stereocenters. The van der Waals surface area contributed by atoms with Crippen LogP contribution in [0.5, 0.6) is 0 Å². The Morgan fingerprint density at radius 2 is 1.50 bits per heavy atom. The molecule has 0 saturated carbocycles. The van der Waals surface area contributed by atoms with Gasteiger partial charge in [0.25, 0.3) is 0 Å². The van der Waals surface area contributed by atoms with Gasteiger partial charge in [0.1, 0.15) is 0 Å². The van der Waals surface area contributed by atoms with Crippen LogP contribution in [0.3, 0.4) is 0 Å². The molecule has 1 nitrogen and oxygen atoms in total. The van der Waals surface area contributed by atoms with Gasteiger partial charge in [-0.2, -0.15) is 13.8 Å². The van der Waals surface area contributed by atoms with E-state index in [1.165, 1.54) is 0 Å². The van der Waals surface area contributed by atoms with E-state index in [0.717, 1.165) is 6.07 Å². The van der Waals surface area contributed by atoms with Gasteiger partial charge >= 0.3 is 0 Å². The molecule has 1 heterocycles. The van der Waals surface area contributed by atoms with Crippen LogP contribution < -0.4 is 0 Å². The van der Waals surface area contributed by atoms with Gasteiger partial charge in [0.15, 0.2) is 0 Å². The van der Waals surface area contributed by atoms with Crippen LogP contribution in [0, 0.1) is 11.9 Å². The van der Waals surface area contributed by atoms with Crippen LogP contribution in [-0.2, 0) is 0 Å². The molecule has 0 aliphatic carbocycles. The van der Waals surface area contributed by atoms with Gasteiger partial charge in [-0.05, 0) is 6.07 Å². The van der Waals surface area contributed by atoms with E-state index >= 15 is 0 Å². The van der Waals surface area contributed by atoms with E-state index in [9.17, 15) is 8.78 Å². The molecule has 0 amide bonds. The molecule has 54 valence electrons. The molecule has 5 heteroatoms. The molecule has 1 aromatic heterocycles. The van der Waals surface area contributed by atoms with Crippen molar-refractivity contribution in [2.24, 2.45) is 0 Å². The highest BCUT2D eigenvalue weighted by molar-refractivity contribution is 6.34. The summed E-state index contributed by atoms with van der Waals surface area (Å²) in [6.45, 7) is 0. The van der Waals surface area contributed by atoms with Crippen LogP contribution in [0.15, 0.2) is 6.07 Å². The summed E-state index contributed by atoms with van der Waals surface area (Å²) < 4.78 is 24.4. The highest BCUT2D eigenvalue weighted by Gasteiger charge is 2.06. The normalized spacial score (nSPS) is 10.0. The molecule has 0 aromatic carbocycles. The van der Waals surface area contributed by atoms with Gasteiger partial charge in [-0.25, -0.2) is 0 Å². The fourth-order valence-electron chi connectivity index (χ4n) is 0.423. The van der Waals surface area contributed by atoms with Crippen LogP contribution >= 0.6 is 23.2 Å². The number of rotatable bonds is 0. The van der Waals surface area contributed by atoms with Crippen LogP contribution in [0.4, 0.5) is 8.78 Å². The van der Waals surface area contributed by atoms with Crippen molar-refractivity contribution in [1.29, 1.82) is 0 Å². The Balaban J connectivity index is 3.28. The smallest absolute Gasteiger partial charge is 0.188 e. The first-order chi connectivity index (χ1) is 4.61. The first kappa shape index (κ1) is 7.69. The summed E-state index contributed by atoms with van der Waals surface area (Å²) >= 11 is 10.4. The molecular weight excluding hydrogens is 183 g/mol. The van der Waals surface area contributed by atoms with Crippen molar-refractivity contribution < 1.29 is 8.78 Å². The molecule has 0 aliphatic rings. The molecule has 0 spiro atoms. The van der Waals surface area contributed by atoms with Gasteiger partial charge in [0, 0.05) is 0 Å². The van der Waals surface area contributed by atoms with Crippen molar-refractivity contribution in [3.8, 4) is 0 Å². The lowest BCUT2D eigenvalue weighted by Gasteiger charge is -1.93. The fourth-order valence-corrected chi connectivity index (χ4v) is 0.782. The predicted octanol–water partition coefficient (Wildman–Crippen LogP) is 2.67. The molecule has 0 saturated heterocycles. The van der Waals surface area contributed by atoms with Gasteiger partial charge in [0.05, 0.1) is 10.0 Å². The quantitative estimate of drug-likeness (QED) is 0.564. The summed E-state index contributed by atoms with van der Waals surface area (Å²) in [7, 11) is 0. The molecule has 0 radical (unpaired) electrons. The van der Waals surface area contributed by atoms with E-state index < -0.39 is 11.9 Å². The summed E-state index contributed by atoms with van der Waals surface area (Å²) in [4.78, 5) is 2.78. The Kier molecular flexibility index (Phi) is 2.06. The number of pyridine rings is 1. The average Bonchev–Trinajstić information content (AvgIpc) is 1.84. The van der Waals surface area contributed by atoms with Crippen molar-refractivity contribution in [2.75, 3.05) is 0 Å². The maximum atomic E-state index is 12.2. The summed E-state index contributed by atoms with van der Waals surface area (Å²) in [5.41, 5.74) is 0. The second-order valence-electron chi connectivity index (χ2n) is 1.53. The van der Waals surface area contributed by atoms with E-state index in [1.807, 2.05) is 0 Å². The second-order valence-corrected chi connectivity index (χ2v) is 2.35. The summed E-state index contributed by atoms with van der Waals surface area (Å²) in [6.07, 6.45) is 0. The van der Waals surface area contributed by atoms with Gasteiger partial charge in [-0.1, -0.05) is 23.2 Å². The van der Waals surface area contributed by atoms with Crippen LogP contribution in [-0.4, -0.2) is 4.98 Å². The zero-order valence-corrected chi connectivity index (χ0v) is 6.05. The maximum Gasteiger partial charge on any atom is 0.234 e. The molecule has 1 aromatic rings. The number of hydrogen-bond acceptors (Lipinski definition) is 1. The summed E-state index contributed by atoms with van der Waals surface area (Å²) in [5.74, 6) is -2.10. The van der Waals surface area contributed by atoms with Crippen molar-refractivity contribution in [1.82, 2.24) is 4.98 Å². The minimum atomic E-state index is -1.05. The standard InChI is InChI=1S/C5HCl2F2N/c6-2-1-3(7)5(9)10-4(2)8/h1H. The maximum absolute atomic E-state index is 12.2. The average molecular weight is 184 g/mol. The Bertz CT molecular complexity index is 214. The molecule has 1 rings (SSSR count). The highest BCUT2D eigenvalue weighted by Crippen LogP contribution is 2.19. The van der Waals surface area contributed by atoms with Crippen molar-refractivity contribution >= 4 is 23.2 Å². The van der Waals surface area contributed by atoms with Gasteiger partial charge in [-0.15, -0.1) is 0 Å². The molecule has 0 atom stereocenters. The first-order valence-electron chi connectivity index (χ1n) is 2.28. The van der Waals surface area contributed by atoms with Gasteiger partial charge in [-0.3, -0.25) is 0 Å². The summed E-state index contributed by atoms with van der Waals surface area (Å²) in [6, 6.07) is 0.959. The second kappa shape index (κ2) is 2.68. The minimum Gasteiger partial charge on any atom is -0.188 e. The third-order valence-corrected chi connectivity index (χ3v) is 1.37. The third-order valence-electron chi connectivity index (χ3n) is 0.844. The SMILES string of the molecule is Fc1nc(F)c(Cl)cc1Cl. The van der Waals surface area contributed by atoms with Gasteiger partial charge in [0.2, 0.25) is 11.9 Å². The fraction of sp³-hybridized carbons (Fsp3) is 0. The number of nitrogens with zero attached hydrogens (tertiary/aromatic N) is 1. The Hall–Kier alpha value is -0.410. The van der Waals surface area contributed by atoms with Crippen LogP contribution in [0.25, 0.3) is 0 Å². The number of aromatic nitrogens is 1. The number of halogens is 4. The van der Waals surface area contributed by atoms with E-state index in [-0.39, 0.29) is 10.0 Å². The lowest BCUT2D eigenvalue weighted by Crippen LogP contribution is -1.89. The lowest BCUT2D eigenvalue weighted by molar-refractivity contribution is 0.513. The topological polar surface area (TPSA) is 12.9 Å². The molecule has 0 N–H and O–H groups in total. The summed E-state index contributed by atoms with van der Waals surface area (Å²) in [5, 5.41) is -0.571. The largest absolute Gasteiger partial charge is 0.234 e. The Morgan fingerprint density at radius 3 is 1.80 bits per heavy atom. The first-order valence-corrected chi connectivity index (χ1v) is 3.04. The van der Waals surface area contributed by atoms with E-state index in [0.29, 0.717) is 0 Å². The minimum absolute atomic E-state index is 0.286. The number of hydrogen-bond donors (Lipinski definition) is 0. The van der Waals surface area contributed by atoms with E-state index in [2.05, 4.69) is 4.98 Å². The molecule has 0 aliphatic heterocycles. The third kappa shape index (κ3) is 1.36. The predicted molar refractivity (Wildman–Crippen MR) is 34.2 cm³/mol. The zero-order valence-electron chi connectivity index (χ0n) is 4.54. The van der Waals surface area contributed by atoms with Crippen molar-refractivity contribution in [3.05, 3.63) is 28.0 Å². The van der Waals surface area contributed by atoms with Crippen LogP contribution in [0.1, 0.15) is 0 Å². The van der Waals surface area contributed by atoms with Crippen molar-refractivity contribution in [2.45, 2.75) is 0 Å². The molecular formula is C5HCl2F2N. The molecule has 10 heavy (non-hydrogen) atoms. The van der Waals surface area contributed by atoms with E-state index in [1.54, 1.807) is 0 Å². The highest BCUT2D eigenvalue weighted by atomic mass is 35.5. The Morgan fingerprint density at radius 1 is 1.10 bits per heavy atom. The lowest BCUT2D eigenvalue weighted by atomic mass is 10.5. The molecule has 0 fully saturated rings.